The predicted octanol–water partition coefficient (Wildman–Crippen LogP) is 5.91. The third-order valence-electron chi connectivity index (χ3n) is 5.53. The van der Waals surface area contributed by atoms with Gasteiger partial charge in [-0.1, -0.05) is 77.8 Å². The molecule has 3 rings (SSSR count). The number of carbonyl (C=O) groups excluding carboxylic acids is 2. The van der Waals surface area contributed by atoms with Crippen LogP contribution in [0.3, 0.4) is 0 Å². The number of hydrogen-bond donors (Lipinski definition) is 1. The Labute approximate surface area is 211 Å². The molecule has 34 heavy (non-hydrogen) atoms. The molecule has 0 aromatic heterocycles. The molecule has 0 bridgehead atoms. The Bertz CT molecular complexity index is 1070. The summed E-state index contributed by atoms with van der Waals surface area (Å²) >= 11 is 8.08. The van der Waals surface area contributed by atoms with Gasteiger partial charge in [-0.05, 0) is 43.2 Å². The number of amides is 2. The van der Waals surface area contributed by atoms with Gasteiger partial charge in [0.25, 0.3) is 0 Å². The average Bonchev–Trinajstić information content (AvgIpc) is 2.84. The number of carbonyl (C=O) groups is 2. The second-order valence-corrected chi connectivity index (χ2v) is 9.70. The number of rotatable bonds is 11. The molecule has 3 aromatic rings. The second-order valence-electron chi connectivity index (χ2n) is 8.12. The van der Waals surface area contributed by atoms with E-state index >= 15 is 0 Å². The van der Waals surface area contributed by atoms with Crippen molar-refractivity contribution in [3.05, 3.63) is 101 Å². The molecular weight excluding hydrogens is 464 g/mol. The first kappa shape index (κ1) is 25.9. The molecule has 0 spiro atoms. The molecule has 0 fully saturated rings. The average molecular weight is 495 g/mol. The van der Waals surface area contributed by atoms with Crippen LogP contribution in [0.1, 0.15) is 30.0 Å². The monoisotopic (exact) mass is 494 g/mol. The summed E-state index contributed by atoms with van der Waals surface area (Å²) in [5, 5.41) is 3.50. The van der Waals surface area contributed by atoms with Crippen molar-refractivity contribution in [3.63, 3.8) is 0 Å². The number of nitrogens with one attached hydrogen (secondary N) is 1. The summed E-state index contributed by atoms with van der Waals surface area (Å²) in [6.07, 6.45) is 0.766. The Morgan fingerprint density at radius 1 is 0.971 bits per heavy atom. The summed E-state index contributed by atoms with van der Waals surface area (Å²) in [5.74, 6) is 0.415. The molecule has 6 heteroatoms. The summed E-state index contributed by atoms with van der Waals surface area (Å²) in [4.78, 5) is 29.5. The zero-order valence-corrected chi connectivity index (χ0v) is 21.2. The summed E-state index contributed by atoms with van der Waals surface area (Å²) in [5.41, 5.74) is 3.04. The van der Waals surface area contributed by atoms with E-state index in [1.165, 1.54) is 5.56 Å². The first-order valence-corrected chi connectivity index (χ1v) is 12.9. The fraction of sp³-hybridized carbons (Fsp3) is 0.286. The van der Waals surface area contributed by atoms with Crippen LogP contribution in [0.5, 0.6) is 0 Å². The van der Waals surface area contributed by atoms with Gasteiger partial charge in [-0.3, -0.25) is 9.59 Å². The molecule has 0 saturated heterocycles. The van der Waals surface area contributed by atoms with Crippen molar-refractivity contribution in [1.82, 2.24) is 10.2 Å². The standard InChI is InChI=1S/C28H31ClN2O2S/c1-3-30-28(33)26(19-22-9-5-4-6-10-22)31(20-23-11-7-8-12-25(23)29)27(32)17-18-34-24-15-13-21(2)14-16-24/h4-16,26H,3,17-20H2,1-2H3,(H,30,33). The lowest BCUT2D eigenvalue weighted by atomic mass is 10.0. The molecule has 1 unspecified atom stereocenters. The van der Waals surface area contributed by atoms with Crippen LogP contribution in [-0.4, -0.2) is 35.1 Å². The van der Waals surface area contributed by atoms with Gasteiger partial charge in [0.2, 0.25) is 11.8 Å². The van der Waals surface area contributed by atoms with E-state index in [1.54, 1.807) is 16.7 Å². The van der Waals surface area contributed by atoms with Gasteiger partial charge in [0.1, 0.15) is 6.04 Å². The van der Waals surface area contributed by atoms with Crippen LogP contribution in [0.4, 0.5) is 0 Å². The Morgan fingerprint density at radius 3 is 2.32 bits per heavy atom. The highest BCUT2D eigenvalue weighted by Gasteiger charge is 2.30. The smallest absolute Gasteiger partial charge is 0.243 e. The van der Waals surface area contributed by atoms with Crippen LogP contribution in [0, 0.1) is 6.92 Å². The van der Waals surface area contributed by atoms with Gasteiger partial charge in [-0.2, -0.15) is 0 Å². The second kappa shape index (κ2) is 13.2. The van der Waals surface area contributed by atoms with Crippen molar-refractivity contribution in [2.75, 3.05) is 12.3 Å². The maximum absolute atomic E-state index is 13.5. The lowest BCUT2D eigenvalue weighted by molar-refractivity contribution is -0.140. The molecule has 0 heterocycles. The molecule has 178 valence electrons. The van der Waals surface area contributed by atoms with E-state index in [1.807, 2.05) is 61.5 Å². The summed E-state index contributed by atoms with van der Waals surface area (Å²) < 4.78 is 0. The van der Waals surface area contributed by atoms with E-state index in [4.69, 9.17) is 11.6 Å². The largest absolute Gasteiger partial charge is 0.355 e. The zero-order valence-electron chi connectivity index (χ0n) is 19.7. The highest BCUT2D eigenvalue weighted by Crippen LogP contribution is 2.23. The maximum atomic E-state index is 13.5. The van der Waals surface area contributed by atoms with Crippen molar-refractivity contribution in [2.45, 2.75) is 44.2 Å². The number of thioether (sulfide) groups is 1. The molecule has 4 nitrogen and oxygen atoms in total. The van der Waals surface area contributed by atoms with E-state index in [9.17, 15) is 9.59 Å². The van der Waals surface area contributed by atoms with Crippen molar-refractivity contribution in [3.8, 4) is 0 Å². The first-order chi connectivity index (χ1) is 16.5. The van der Waals surface area contributed by atoms with Gasteiger partial charge in [0, 0.05) is 41.6 Å². The molecule has 0 aliphatic rings. The third kappa shape index (κ3) is 7.64. The van der Waals surface area contributed by atoms with Gasteiger partial charge in [0.05, 0.1) is 0 Å². The quantitative estimate of drug-likeness (QED) is 0.337. The van der Waals surface area contributed by atoms with Crippen LogP contribution in [0.2, 0.25) is 5.02 Å². The number of benzene rings is 3. The fourth-order valence-electron chi connectivity index (χ4n) is 3.69. The topological polar surface area (TPSA) is 49.4 Å². The van der Waals surface area contributed by atoms with Crippen molar-refractivity contribution >= 4 is 35.2 Å². The molecule has 0 saturated carbocycles. The third-order valence-corrected chi connectivity index (χ3v) is 6.91. The van der Waals surface area contributed by atoms with Crippen LogP contribution >= 0.6 is 23.4 Å². The van der Waals surface area contributed by atoms with Crippen molar-refractivity contribution in [2.24, 2.45) is 0 Å². The molecular formula is C28H31ClN2O2S. The summed E-state index contributed by atoms with van der Waals surface area (Å²) in [6.45, 7) is 4.72. The SMILES string of the molecule is CCNC(=O)C(Cc1ccccc1)N(Cc1ccccc1Cl)C(=O)CCSc1ccc(C)cc1. The van der Waals surface area contributed by atoms with Crippen LogP contribution in [0.25, 0.3) is 0 Å². The molecule has 0 aliphatic heterocycles. The van der Waals surface area contributed by atoms with Crippen molar-refractivity contribution < 1.29 is 9.59 Å². The first-order valence-electron chi connectivity index (χ1n) is 11.5. The number of likely N-dealkylation sites (N-methyl/N-ethyl adjacent to an activating group) is 1. The molecule has 2 amide bonds. The van der Waals surface area contributed by atoms with E-state index < -0.39 is 6.04 Å². The fourth-order valence-corrected chi connectivity index (χ4v) is 4.73. The Hall–Kier alpha value is -2.76. The van der Waals surface area contributed by atoms with E-state index in [-0.39, 0.29) is 18.4 Å². The van der Waals surface area contributed by atoms with Gasteiger partial charge in [0.15, 0.2) is 0 Å². The van der Waals surface area contributed by atoms with Gasteiger partial charge >= 0.3 is 0 Å². The lowest BCUT2D eigenvalue weighted by Crippen LogP contribution is -2.50. The minimum absolute atomic E-state index is 0.0632. The van der Waals surface area contributed by atoms with Crippen LogP contribution in [0.15, 0.2) is 83.8 Å². The lowest BCUT2D eigenvalue weighted by Gasteiger charge is -2.31. The van der Waals surface area contributed by atoms with Crippen LogP contribution < -0.4 is 5.32 Å². The van der Waals surface area contributed by atoms with Gasteiger partial charge < -0.3 is 10.2 Å². The normalized spacial score (nSPS) is 11.6. The molecule has 3 aromatic carbocycles. The molecule has 0 radical (unpaired) electrons. The zero-order chi connectivity index (χ0) is 24.3. The summed E-state index contributed by atoms with van der Waals surface area (Å²) in [6, 6.07) is 24.9. The van der Waals surface area contributed by atoms with Crippen LogP contribution in [-0.2, 0) is 22.6 Å². The van der Waals surface area contributed by atoms with E-state index in [0.29, 0.717) is 30.2 Å². The predicted molar refractivity (Wildman–Crippen MR) is 141 cm³/mol. The maximum Gasteiger partial charge on any atom is 0.243 e. The highest BCUT2D eigenvalue weighted by molar-refractivity contribution is 7.99. The number of halogens is 1. The van der Waals surface area contributed by atoms with Crippen molar-refractivity contribution in [1.29, 1.82) is 0 Å². The number of nitrogens with zero attached hydrogens (tertiary/aromatic N) is 1. The Morgan fingerprint density at radius 2 is 1.65 bits per heavy atom. The van der Waals surface area contributed by atoms with Gasteiger partial charge in [-0.15, -0.1) is 11.8 Å². The van der Waals surface area contributed by atoms with E-state index in [2.05, 4.69) is 36.5 Å². The number of aryl methyl sites for hydroxylation is 1. The molecule has 0 aliphatic carbocycles. The van der Waals surface area contributed by atoms with E-state index in [0.717, 1.165) is 16.0 Å². The highest BCUT2D eigenvalue weighted by atomic mass is 35.5. The Balaban J connectivity index is 1.82. The molecule has 1 N–H and O–H groups in total. The summed E-state index contributed by atoms with van der Waals surface area (Å²) in [7, 11) is 0. The minimum Gasteiger partial charge on any atom is -0.355 e. The van der Waals surface area contributed by atoms with Gasteiger partial charge in [-0.25, -0.2) is 0 Å². The Kier molecular flexibility index (Phi) is 10.0. The minimum atomic E-state index is -0.629. The molecule has 1 atom stereocenters. The number of hydrogen-bond acceptors (Lipinski definition) is 3.